The zero-order valence-electron chi connectivity index (χ0n) is 18.0. The fourth-order valence-corrected chi connectivity index (χ4v) is 4.12. The number of pyridine rings is 1. The molecule has 4 rings (SSSR count). The van der Waals surface area contributed by atoms with Crippen LogP contribution < -0.4 is 10.2 Å². The first kappa shape index (κ1) is 22.8. The van der Waals surface area contributed by atoms with Gasteiger partial charge in [-0.2, -0.15) is 0 Å². The summed E-state index contributed by atoms with van der Waals surface area (Å²) in [4.78, 5) is 16.8. The third kappa shape index (κ3) is 5.43. The van der Waals surface area contributed by atoms with Gasteiger partial charge in [0, 0.05) is 57.6 Å². The highest BCUT2D eigenvalue weighted by Crippen LogP contribution is 2.21. The number of guanidine groups is 1. The zero-order chi connectivity index (χ0) is 20.1. The third-order valence-electron chi connectivity index (χ3n) is 5.83. The average molecular weight is 520 g/mol. The van der Waals surface area contributed by atoms with Gasteiger partial charge in [0.15, 0.2) is 5.96 Å². The van der Waals surface area contributed by atoms with Crippen molar-refractivity contribution in [2.75, 3.05) is 51.2 Å². The van der Waals surface area contributed by atoms with Crippen LogP contribution in [-0.2, 0) is 19.5 Å². The summed E-state index contributed by atoms with van der Waals surface area (Å²) in [6.45, 7) is 9.77. The summed E-state index contributed by atoms with van der Waals surface area (Å²) in [5.74, 6) is 2.08. The fourth-order valence-electron chi connectivity index (χ4n) is 4.12. The van der Waals surface area contributed by atoms with Gasteiger partial charge in [-0.3, -0.25) is 0 Å². The van der Waals surface area contributed by atoms with E-state index in [1.54, 1.807) is 0 Å². The van der Waals surface area contributed by atoms with E-state index in [2.05, 4.69) is 64.3 Å². The normalized spacial score (nSPS) is 17.3. The molecular formula is C23H33IN6. The lowest BCUT2D eigenvalue weighted by atomic mass is 10.0. The highest BCUT2D eigenvalue weighted by atomic mass is 127. The lowest BCUT2D eigenvalue weighted by Crippen LogP contribution is -2.45. The van der Waals surface area contributed by atoms with E-state index in [9.17, 15) is 0 Å². The molecule has 6 nitrogen and oxygen atoms in total. The van der Waals surface area contributed by atoms with Crippen molar-refractivity contribution < 1.29 is 0 Å². The fraction of sp³-hybridized carbons (Fsp3) is 0.478. The Labute approximate surface area is 197 Å². The lowest BCUT2D eigenvalue weighted by Gasteiger charge is -2.34. The number of nitrogens with one attached hydrogen (secondary N) is 1. The third-order valence-corrected chi connectivity index (χ3v) is 5.83. The molecule has 2 aliphatic heterocycles. The Hall–Kier alpha value is -1.87. The summed E-state index contributed by atoms with van der Waals surface area (Å²) in [7, 11) is 2.18. The highest BCUT2D eigenvalue weighted by molar-refractivity contribution is 14.0. The van der Waals surface area contributed by atoms with E-state index in [1.807, 2.05) is 12.3 Å². The van der Waals surface area contributed by atoms with Crippen molar-refractivity contribution in [2.45, 2.75) is 26.4 Å². The molecule has 1 aromatic carbocycles. The maximum absolute atomic E-state index is 5.01. The van der Waals surface area contributed by atoms with Crippen LogP contribution in [0.1, 0.15) is 23.6 Å². The second-order valence-corrected chi connectivity index (χ2v) is 7.89. The van der Waals surface area contributed by atoms with Crippen LogP contribution in [0.15, 0.2) is 47.6 Å². The zero-order valence-corrected chi connectivity index (χ0v) is 20.4. The summed E-state index contributed by atoms with van der Waals surface area (Å²) >= 11 is 0. The minimum absolute atomic E-state index is 0. The molecule has 2 aliphatic rings. The number of piperazine rings is 1. The number of rotatable bonds is 4. The number of anilines is 1. The monoisotopic (exact) mass is 520 g/mol. The average Bonchev–Trinajstić information content (AvgIpc) is 2.77. The van der Waals surface area contributed by atoms with Crippen molar-refractivity contribution >= 4 is 35.8 Å². The molecule has 1 aromatic heterocycles. The van der Waals surface area contributed by atoms with Gasteiger partial charge in [-0.05, 0) is 37.6 Å². The van der Waals surface area contributed by atoms with Crippen molar-refractivity contribution in [3.63, 3.8) is 0 Å². The number of hydrogen-bond donors (Lipinski definition) is 1. The molecule has 1 fully saturated rings. The molecule has 30 heavy (non-hydrogen) atoms. The molecule has 0 unspecified atom stereocenters. The smallest absolute Gasteiger partial charge is 0.194 e. The molecule has 2 aromatic rings. The summed E-state index contributed by atoms with van der Waals surface area (Å²) in [5, 5.41) is 3.49. The Morgan fingerprint density at radius 1 is 1.03 bits per heavy atom. The van der Waals surface area contributed by atoms with E-state index >= 15 is 0 Å². The molecule has 0 spiro atoms. The Balaban J connectivity index is 0.00000256. The number of aromatic nitrogens is 1. The van der Waals surface area contributed by atoms with Crippen LogP contribution in [-0.4, -0.2) is 67.1 Å². The van der Waals surface area contributed by atoms with Gasteiger partial charge in [0.2, 0.25) is 0 Å². The van der Waals surface area contributed by atoms with E-state index < -0.39 is 0 Å². The van der Waals surface area contributed by atoms with Crippen LogP contribution in [0.4, 0.5) is 5.82 Å². The van der Waals surface area contributed by atoms with E-state index in [-0.39, 0.29) is 24.0 Å². The highest BCUT2D eigenvalue weighted by Gasteiger charge is 2.20. The quantitative estimate of drug-likeness (QED) is 0.382. The number of aliphatic imine (C=N–C) groups is 1. The predicted molar refractivity (Wildman–Crippen MR) is 135 cm³/mol. The maximum Gasteiger partial charge on any atom is 0.194 e. The molecule has 1 N–H and O–H groups in total. The summed E-state index contributed by atoms with van der Waals surface area (Å²) in [6.07, 6.45) is 2.97. The van der Waals surface area contributed by atoms with Crippen LogP contribution >= 0.6 is 24.0 Å². The molecule has 0 saturated carbocycles. The molecule has 7 heteroatoms. The van der Waals surface area contributed by atoms with E-state index in [1.165, 1.54) is 16.7 Å². The largest absolute Gasteiger partial charge is 0.356 e. The van der Waals surface area contributed by atoms with Gasteiger partial charge in [0.05, 0.1) is 6.54 Å². The van der Waals surface area contributed by atoms with Crippen LogP contribution in [0, 0.1) is 0 Å². The van der Waals surface area contributed by atoms with Gasteiger partial charge in [0.25, 0.3) is 0 Å². The number of benzene rings is 1. The van der Waals surface area contributed by atoms with Crippen molar-refractivity contribution in [3.05, 3.63) is 59.3 Å². The van der Waals surface area contributed by atoms with Crippen LogP contribution in [0.3, 0.4) is 0 Å². The van der Waals surface area contributed by atoms with E-state index in [0.29, 0.717) is 6.54 Å². The first-order valence-electron chi connectivity index (χ1n) is 10.7. The van der Waals surface area contributed by atoms with Gasteiger partial charge in [-0.1, -0.05) is 30.3 Å². The minimum atomic E-state index is 0. The predicted octanol–water partition coefficient (Wildman–Crippen LogP) is 2.98. The van der Waals surface area contributed by atoms with Gasteiger partial charge in [-0.25, -0.2) is 9.98 Å². The topological polar surface area (TPSA) is 47.0 Å². The molecule has 3 heterocycles. The van der Waals surface area contributed by atoms with Crippen molar-refractivity contribution in [1.82, 2.24) is 20.1 Å². The first-order chi connectivity index (χ1) is 14.2. The molecule has 0 amide bonds. The Morgan fingerprint density at radius 2 is 1.80 bits per heavy atom. The molecule has 0 atom stereocenters. The number of halogens is 1. The molecule has 0 bridgehead atoms. The standard InChI is InChI=1S/C23H32N6.HI/c1-3-24-23(29-12-10-19-7-4-5-8-21(19)18-29)26-17-20-9-6-11-25-22(20)28-15-13-27(2)14-16-28;/h4-9,11H,3,10,12-18H2,1-2H3,(H,24,26);1H. The van der Waals surface area contributed by atoms with E-state index in [0.717, 1.165) is 64.0 Å². The number of likely N-dealkylation sites (N-methyl/N-ethyl adjacent to an activating group) is 1. The molecule has 162 valence electrons. The van der Waals surface area contributed by atoms with Crippen molar-refractivity contribution in [3.8, 4) is 0 Å². The lowest BCUT2D eigenvalue weighted by molar-refractivity contribution is 0.312. The van der Waals surface area contributed by atoms with Gasteiger partial charge in [0.1, 0.15) is 5.82 Å². The number of fused-ring (bicyclic) bond motifs is 1. The van der Waals surface area contributed by atoms with Crippen LogP contribution in [0.25, 0.3) is 0 Å². The second kappa shape index (κ2) is 10.9. The van der Waals surface area contributed by atoms with Crippen LogP contribution in [0.5, 0.6) is 0 Å². The van der Waals surface area contributed by atoms with Crippen LogP contribution in [0.2, 0.25) is 0 Å². The van der Waals surface area contributed by atoms with Crippen molar-refractivity contribution in [1.29, 1.82) is 0 Å². The molecular weight excluding hydrogens is 487 g/mol. The van der Waals surface area contributed by atoms with Gasteiger partial charge < -0.3 is 20.0 Å². The Bertz CT molecular complexity index is 847. The number of hydrogen-bond acceptors (Lipinski definition) is 4. The maximum atomic E-state index is 5.01. The van der Waals surface area contributed by atoms with Crippen molar-refractivity contribution in [2.24, 2.45) is 4.99 Å². The van der Waals surface area contributed by atoms with Gasteiger partial charge >= 0.3 is 0 Å². The number of nitrogens with zero attached hydrogens (tertiary/aromatic N) is 5. The van der Waals surface area contributed by atoms with Gasteiger partial charge in [-0.15, -0.1) is 24.0 Å². The molecule has 0 radical (unpaired) electrons. The first-order valence-corrected chi connectivity index (χ1v) is 10.7. The molecule has 1 saturated heterocycles. The summed E-state index contributed by atoms with van der Waals surface area (Å²) in [6, 6.07) is 12.9. The summed E-state index contributed by atoms with van der Waals surface area (Å²) in [5.41, 5.74) is 4.07. The SMILES string of the molecule is CCNC(=NCc1cccnc1N1CCN(C)CC1)N1CCc2ccccc2C1.I. The van der Waals surface area contributed by atoms with E-state index in [4.69, 9.17) is 9.98 Å². The minimum Gasteiger partial charge on any atom is -0.356 e. The molecule has 0 aliphatic carbocycles. The second-order valence-electron chi connectivity index (χ2n) is 7.89. The Morgan fingerprint density at radius 3 is 2.57 bits per heavy atom. The Kier molecular flexibility index (Phi) is 8.32. The summed E-state index contributed by atoms with van der Waals surface area (Å²) < 4.78 is 0.